The Labute approximate surface area is 162 Å². The summed E-state index contributed by atoms with van der Waals surface area (Å²) < 4.78 is 0. The van der Waals surface area contributed by atoms with Gasteiger partial charge in [-0.1, -0.05) is 43.2 Å². The lowest BCUT2D eigenvalue weighted by Gasteiger charge is -2.32. The van der Waals surface area contributed by atoms with E-state index in [4.69, 9.17) is 0 Å². The summed E-state index contributed by atoms with van der Waals surface area (Å²) in [6.07, 6.45) is 10.5. The average Bonchev–Trinajstić information content (AvgIpc) is 3.23. The molecule has 1 aromatic carbocycles. The van der Waals surface area contributed by atoms with Gasteiger partial charge < -0.3 is 5.32 Å². The molecule has 4 nitrogen and oxygen atoms in total. The van der Waals surface area contributed by atoms with Crippen molar-refractivity contribution in [1.82, 2.24) is 15.2 Å². The minimum absolute atomic E-state index is 0.190. The summed E-state index contributed by atoms with van der Waals surface area (Å²) in [5.74, 6) is 0.479. The molecule has 4 heteroatoms. The maximum atomic E-state index is 12.5. The van der Waals surface area contributed by atoms with Gasteiger partial charge in [-0.3, -0.25) is 14.7 Å². The minimum atomic E-state index is 0.190. The highest BCUT2D eigenvalue weighted by Crippen LogP contribution is 2.26. The van der Waals surface area contributed by atoms with E-state index in [1.54, 1.807) is 0 Å². The van der Waals surface area contributed by atoms with Crippen molar-refractivity contribution >= 4 is 5.91 Å². The Morgan fingerprint density at radius 3 is 2.56 bits per heavy atom. The number of piperidine rings is 1. The zero-order valence-electron chi connectivity index (χ0n) is 15.9. The topological polar surface area (TPSA) is 45.2 Å². The lowest BCUT2D eigenvalue weighted by Crippen LogP contribution is -2.43. The molecule has 0 atom stereocenters. The fourth-order valence-electron chi connectivity index (χ4n) is 4.45. The van der Waals surface area contributed by atoms with Gasteiger partial charge in [-0.15, -0.1) is 0 Å². The van der Waals surface area contributed by atoms with Crippen LogP contribution in [0.3, 0.4) is 0 Å². The molecule has 142 valence electrons. The molecule has 1 amide bonds. The first-order chi connectivity index (χ1) is 13.3. The predicted octanol–water partition coefficient (Wildman–Crippen LogP) is 4.02. The normalized spacial score (nSPS) is 19.3. The molecule has 1 aromatic heterocycles. The van der Waals surface area contributed by atoms with Crippen molar-refractivity contribution in [2.45, 2.75) is 51.1 Å². The zero-order chi connectivity index (χ0) is 18.5. The first kappa shape index (κ1) is 18.2. The van der Waals surface area contributed by atoms with E-state index >= 15 is 0 Å². The molecule has 2 aliphatic rings. The highest BCUT2D eigenvalue weighted by atomic mass is 16.1. The number of carbonyl (C=O) groups excluding carboxylic acids is 1. The predicted molar refractivity (Wildman–Crippen MR) is 108 cm³/mol. The lowest BCUT2D eigenvalue weighted by atomic mass is 9.94. The Morgan fingerprint density at radius 2 is 1.81 bits per heavy atom. The van der Waals surface area contributed by atoms with E-state index in [9.17, 15) is 4.79 Å². The molecule has 0 spiro atoms. The van der Waals surface area contributed by atoms with E-state index in [1.165, 1.54) is 29.5 Å². The second-order valence-corrected chi connectivity index (χ2v) is 7.94. The van der Waals surface area contributed by atoms with Gasteiger partial charge in [0.05, 0.1) is 0 Å². The first-order valence-electron chi connectivity index (χ1n) is 10.3. The molecule has 2 fully saturated rings. The van der Waals surface area contributed by atoms with Crippen LogP contribution in [-0.2, 0) is 11.3 Å². The summed E-state index contributed by atoms with van der Waals surface area (Å²) in [5, 5.41) is 3.28. The molecule has 1 aliphatic carbocycles. The number of hydrogen-bond acceptors (Lipinski definition) is 3. The molecule has 2 heterocycles. The van der Waals surface area contributed by atoms with E-state index in [0.29, 0.717) is 6.04 Å². The molecule has 1 saturated carbocycles. The van der Waals surface area contributed by atoms with Gasteiger partial charge in [-0.2, -0.15) is 0 Å². The Morgan fingerprint density at radius 1 is 1.04 bits per heavy atom. The molecular formula is C23H29N3O. The van der Waals surface area contributed by atoms with E-state index in [-0.39, 0.29) is 11.8 Å². The molecule has 27 heavy (non-hydrogen) atoms. The van der Waals surface area contributed by atoms with Crippen LogP contribution in [0.5, 0.6) is 0 Å². The van der Waals surface area contributed by atoms with Crippen LogP contribution in [0.15, 0.2) is 48.8 Å². The molecule has 0 bridgehead atoms. The van der Waals surface area contributed by atoms with Crippen LogP contribution in [0.25, 0.3) is 11.1 Å². The van der Waals surface area contributed by atoms with Crippen molar-refractivity contribution in [3.63, 3.8) is 0 Å². The summed E-state index contributed by atoms with van der Waals surface area (Å²) in [6.45, 7) is 2.91. The molecule has 4 rings (SSSR count). The van der Waals surface area contributed by atoms with Gasteiger partial charge in [-0.05, 0) is 56.0 Å². The van der Waals surface area contributed by atoms with Crippen molar-refractivity contribution in [3.8, 4) is 11.1 Å². The summed E-state index contributed by atoms with van der Waals surface area (Å²) in [6, 6.07) is 13.1. The number of nitrogens with one attached hydrogen (secondary N) is 1. The standard InChI is InChI=1S/C23H29N3O/c27-23(25-21-8-2-3-9-21)18-11-14-26(15-12-18)17-20-6-1-4-10-22(20)19-7-5-13-24-16-19/h1,4-7,10,13,16,18,21H,2-3,8-9,11-12,14-15,17H2,(H,25,27). The Balaban J connectivity index is 1.34. The number of hydrogen-bond donors (Lipinski definition) is 1. The number of aromatic nitrogens is 1. The SMILES string of the molecule is O=C(NC1CCCC1)C1CCN(Cc2ccccc2-c2cccnc2)CC1. The number of pyridine rings is 1. The van der Waals surface area contributed by atoms with Crippen LogP contribution >= 0.6 is 0 Å². The van der Waals surface area contributed by atoms with Gasteiger partial charge in [0.1, 0.15) is 0 Å². The van der Waals surface area contributed by atoms with Gasteiger partial charge in [0, 0.05) is 36.5 Å². The lowest BCUT2D eigenvalue weighted by molar-refractivity contribution is -0.127. The Kier molecular flexibility index (Phi) is 5.83. The molecule has 0 unspecified atom stereocenters. The van der Waals surface area contributed by atoms with Crippen LogP contribution < -0.4 is 5.32 Å². The summed E-state index contributed by atoms with van der Waals surface area (Å²) >= 11 is 0. The van der Waals surface area contributed by atoms with Gasteiger partial charge in [0.25, 0.3) is 0 Å². The fraction of sp³-hybridized carbons (Fsp3) is 0.478. The monoisotopic (exact) mass is 363 g/mol. The largest absolute Gasteiger partial charge is 0.353 e. The van der Waals surface area contributed by atoms with Crippen LogP contribution in [0.1, 0.15) is 44.1 Å². The smallest absolute Gasteiger partial charge is 0.223 e. The second-order valence-electron chi connectivity index (χ2n) is 7.94. The first-order valence-corrected chi connectivity index (χ1v) is 10.3. The molecule has 2 aromatic rings. The molecule has 1 saturated heterocycles. The highest BCUT2D eigenvalue weighted by Gasteiger charge is 2.27. The second kappa shape index (κ2) is 8.66. The number of rotatable bonds is 5. The number of carbonyl (C=O) groups is 1. The third-order valence-corrected chi connectivity index (χ3v) is 6.04. The van der Waals surface area contributed by atoms with E-state index in [1.807, 2.05) is 18.5 Å². The van der Waals surface area contributed by atoms with Crippen molar-refractivity contribution in [2.24, 2.45) is 5.92 Å². The molecular weight excluding hydrogens is 334 g/mol. The van der Waals surface area contributed by atoms with Crippen LogP contribution in [-0.4, -0.2) is 34.9 Å². The van der Waals surface area contributed by atoms with Crippen molar-refractivity contribution in [1.29, 1.82) is 0 Å². The quantitative estimate of drug-likeness (QED) is 0.873. The van der Waals surface area contributed by atoms with E-state index in [2.05, 4.69) is 45.5 Å². The van der Waals surface area contributed by atoms with Crippen LogP contribution in [0.2, 0.25) is 0 Å². The van der Waals surface area contributed by atoms with Crippen molar-refractivity contribution in [2.75, 3.05) is 13.1 Å². The maximum absolute atomic E-state index is 12.5. The van der Waals surface area contributed by atoms with Crippen LogP contribution in [0.4, 0.5) is 0 Å². The molecule has 1 N–H and O–H groups in total. The number of nitrogens with zero attached hydrogens (tertiary/aromatic N) is 2. The Bertz CT molecular complexity index is 747. The minimum Gasteiger partial charge on any atom is -0.353 e. The van der Waals surface area contributed by atoms with Crippen LogP contribution in [0, 0.1) is 5.92 Å². The fourth-order valence-corrected chi connectivity index (χ4v) is 4.45. The Hall–Kier alpha value is -2.20. The van der Waals surface area contributed by atoms with Crippen molar-refractivity contribution < 1.29 is 4.79 Å². The third-order valence-electron chi connectivity index (χ3n) is 6.04. The van der Waals surface area contributed by atoms with Gasteiger partial charge in [-0.25, -0.2) is 0 Å². The van der Waals surface area contributed by atoms with E-state index < -0.39 is 0 Å². The summed E-state index contributed by atoms with van der Waals surface area (Å²) in [7, 11) is 0. The van der Waals surface area contributed by atoms with Crippen molar-refractivity contribution in [3.05, 3.63) is 54.4 Å². The number of benzene rings is 1. The molecule has 0 radical (unpaired) electrons. The number of amides is 1. The summed E-state index contributed by atoms with van der Waals surface area (Å²) in [4.78, 5) is 19.3. The molecule has 1 aliphatic heterocycles. The summed E-state index contributed by atoms with van der Waals surface area (Å²) in [5.41, 5.74) is 3.75. The average molecular weight is 364 g/mol. The number of likely N-dealkylation sites (tertiary alicyclic amines) is 1. The van der Waals surface area contributed by atoms with Gasteiger partial charge in [0.2, 0.25) is 5.91 Å². The maximum Gasteiger partial charge on any atom is 0.223 e. The highest BCUT2D eigenvalue weighted by molar-refractivity contribution is 5.79. The zero-order valence-corrected chi connectivity index (χ0v) is 15.9. The van der Waals surface area contributed by atoms with Gasteiger partial charge >= 0.3 is 0 Å². The van der Waals surface area contributed by atoms with Gasteiger partial charge in [0.15, 0.2) is 0 Å². The van der Waals surface area contributed by atoms with E-state index in [0.717, 1.165) is 45.3 Å². The third kappa shape index (κ3) is 4.56.